The molecule has 2 aromatic heterocycles. The highest BCUT2D eigenvalue weighted by Gasteiger charge is 2.15. The second kappa shape index (κ2) is 11.8. The van der Waals surface area contributed by atoms with Crippen LogP contribution in [-0.2, 0) is 4.74 Å². The predicted molar refractivity (Wildman–Crippen MR) is 132 cm³/mol. The second-order valence-electron chi connectivity index (χ2n) is 7.24. The highest BCUT2D eigenvalue weighted by atomic mass is 35.5. The Hall–Kier alpha value is -2.87. The third-order valence-corrected chi connectivity index (χ3v) is 5.04. The molecule has 0 unspecified atom stereocenters. The molecule has 0 atom stereocenters. The lowest BCUT2D eigenvalue weighted by Gasteiger charge is -2.21. The zero-order valence-corrected chi connectivity index (χ0v) is 19.8. The van der Waals surface area contributed by atoms with Gasteiger partial charge in [-0.2, -0.15) is 0 Å². The zero-order chi connectivity index (χ0) is 21.8. The van der Waals surface area contributed by atoms with Crippen molar-refractivity contribution in [2.45, 2.75) is 6.42 Å². The molecular formula is C24H24Cl2F2N4O. The average Bonchev–Trinajstić information content (AvgIpc) is 2.79. The molecule has 0 aliphatic rings. The molecule has 2 heterocycles. The van der Waals surface area contributed by atoms with Gasteiger partial charge in [-0.3, -0.25) is 4.98 Å². The zero-order valence-electron chi connectivity index (χ0n) is 18.2. The minimum absolute atomic E-state index is 0. The summed E-state index contributed by atoms with van der Waals surface area (Å²) in [5, 5.41) is 0.786. The number of ether oxygens (including phenoxy) is 1. The fourth-order valence-corrected chi connectivity index (χ4v) is 3.47. The molecule has 5 nitrogen and oxygen atoms in total. The summed E-state index contributed by atoms with van der Waals surface area (Å²) >= 11 is 0. The first-order valence-corrected chi connectivity index (χ1v) is 9.94. The monoisotopic (exact) mass is 492 g/mol. The van der Waals surface area contributed by atoms with Crippen molar-refractivity contribution in [2.24, 2.45) is 0 Å². The number of hydrogen-bond acceptors (Lipinski definition) is 5. The molecule has 0 aliphatic heterocycles. The van der Waals surface area contributed by atoms with E-state index in [0.29, 0.717) is 23.6 Å². The van der Waals surface area contributed by atoms with Crippen molar-refractivity contribution in [1.29, 1.82) is 0 Å². The number of nitrogens with zero attached hydrogens (tertiary/aromatic N) is 4. The molecule has 0 spiro atoms. The van der Waals surface area contributed by atoms with Gasteiger partial charge in [0.15, 0.2) is 5.82 Å². The Morgan fingerprint density at radius 1 is 0.970 bits per heavy atom. The summed E-state index contributed by atoms with van der Waals surface area (Å²) in [5.41, 5.74) is 2.50. The van der Waals surface area contributed by atoms with Crippen LogP contribution in [0.25, 0.3) is 33.4 Å². The van der Waals surface area contributed by atoms with Crippen LogP contribution < -0.4 is 4.90 Å². The van der Waals surface area contributed by atoms with Crippen LogP contribution in [0.15, 0.2) is 60.9 Å². The number of fused-ring (bicyclic) bond motifs is 1. The normalized spacial score (nSPS) is 10.4. The maximum Gasteiger partial charge on any atom is 0.163 e. The van der Waals surface area contributed by atoms with Gasteiger partial charge < -0.3 is 9.64 Å². The van der Waals surface area contributed by atoms with E-state index in [2.05, 4.69) is 4.98 Å². The molecule has 33 heavy (non-hydrogen) atoms. The number of halogens is 4. The molecule has 0 aliphatic carbocycles. The molecule has 0 bridgehead atoms. The summed E-state index contributed by atoms with van der Waals surface area (Å²) in [6.07, 6.45) is 4.25. The number of pyridine rings is 1. The molecule has 0 radical (unpaired) electrons. The molecule has 0 fully saturated rings. The van der Waals surface area contributed by atoms with E-state index in [1.165, 1.54) is 12.1 Å². The predicted octanol–water partition coefficient (Wildman–Crippen LogP) is 5.95. The summed E-state index contributed by atoms with van der Waals surface area (Å²) in [4.78, 5) is 15.7. The fraction of sp³-hybridized carbons (Fsp3) is 0.208. The number of methoxy groups -OCH3 is 1. The van der Waals surface area contributed by atoms with Gasteiger partial charge in [-0.05, 0) is 48.4 Å². The molecule has 0 amide bonds. The minimum Gasteiger partial charge on any atom is -0.385 e. The van der Waals surface area contributed by atoms with Gasteiger partial charge in [0.1, 0.15) is 17.5 Å². The maximum atomic E-state index is 14.4. The van der Waals surface area contributed by atoms with E-state index < -0.39 is 11.6 Å². The van der Waals surface area contributed by atoms with Crippen LogP contribution in [0.3, 0.4) is 0 Å². The lowest BCUT2D eigenvalue weighted by Crippen LogP contribution is -2.21. The Bertz CT molecular complexity index is 1210. The van der Waals surface area contributed by atoms with Crippen LogP contribution in [0.2, 0.25) is 0 Å². The quantitative estimate of drug-likeness (QED) is 0.298. The van der Waals surface area contributed by atoms with E-state index in [4.69, 9.17) is 14.7 Å². The lowest BCUT2D eigenvalue weighted by atomic mass is 10.0. The Balaban J connectivity index is 0.00000193. The van der Waals surface area contributed by atoms with Crippen LogP contribution in [0.4, 0.5) is 14.6 Å². The van der Waals surface area contributed by atoms with Gasteiger partial charge in [-0.1, -0.05) is 6.07 Å². The third kappa shape index (κ3) is 5.93. The summed E-state index contributed by atoms with van der Waals surface area (Å²) in [5.74, 6) is 0.0755. The van der Waals surface area contributed by atoms with Crippen molar-refractivity contribution in [3.05, 3.63) is 72.6 Å². The molecule has 4 rings (SSSR count). The molecule has 0 saturated heterocycles. The Morgan fingerprint density at radius 3 is 2.48 bits per heavy atom. The summed E-state index contributed by atoms with van der Waals surface area (Å²) in [6, 6.07) is 12.8. The summed E-state index contributed by atoms with van der Waals surface area (Å²) < 4.78 is 32.9. The van der Waals surface area contributed by atoms with Gasteiger partial charge in [0.25, 0.3) is 0 Å². The third-order valence-electron chi connectivity index (χ3n) is 5.04. The number of rotatable bonds is 7. The Labute approximate surface area is 203 Å². The topological polar surface area (TPSA) is 51.1 Å². The van der Waals surface area contributed by atoms with E-state index >= 15 is 0 Å². The number of hydrogen-bond donors (Lipinski definition) is 0. The molecule has 0 saturated carbocycles. The maximum absolute atomic E-state index is 14.4. The van der Waals surface area contributed by atoms with E-state index in [9.17, 15) is 8.78 Å². The number of anilines is 1. The summed E-state index contributed by atoms with van der Waals surface area (Å²) in [7, 11) is 3.62. The lowest BCUT2D eigenvalue weighted by molar-refractivity contribution is 0.196. The van der Waals surface area contributed by atoms with Gasteiger partial charge >= 0.3 is 0 Å². The average molecular weight is 493 g/mol. The van der Waals surface area contributed by atoms with Crippen LogP contribution in [0.1, 0.15) is 6.42 Å². The van der Waals surface area contributed by atoms with Gasteiger partial charge in [-0.15, -0.1) is 24.8 Å². The number of benzene rings is 2. The van der Waals surface area contributed by atoms with E-state index in [1.54, 1.807) is 25.6 Å². The summed E-state index contributed by atoms with van der Waals surface area (Å²) in [6.45, 7) is 1.36. The Morgan fingerprint density at radius 2 is 1.79 bits per heavy atom. The molecule has 9 heteroatoms. The molecule has 4 aromatic rings. The van der Waals surface area contributed by atoms with Gasteiger partial charge in [0, 0.05) is 62.3 Å². The van der Waals surface area contributed by atoms with Crippen molar-refractivity contribution in [2.75, 3.05) is 32.2 Å². The van der Waals surface area contributed by atoms with Crippen molar-refractivity contribution < 1.29 is 13.5 Å². The molecule has 2 aromatic carbocycles. The number of aromatic nitrogens is 3. The second-order valence-corrected chi connectivity index (χ2v) is 7.24. The largest absolute Gasteiger partial charge is 0.385 e. The van der Waals surface area contributed by atoms with Crippen LogP contribution in [0, 0.1) is 11.6 Å². The van der Waals surface area contributed by atoms with Crippen molar-refractivity contribution >= 4 is 41.5 Å². The van der Waals surface area contributed by atoms with E-state index in [-0.39, 0.29) is 24.8 Å². The SMILES string of the molecule is COCCCN(C)c1nc(-c2cccnc2)nc2ccc(-c3ccc(F)cc3F)cc12.Cl.Cl. The Kier molecular flexibility index (Phi) is 9.46. The van der Waals surface area contributed by atoms with Crippen molar-refractivity contribution in [3.8, 4) is 22.5 Å². The highest BCUT2D eigenvalue weighted by Crippen LogP contribution is 2.32. The van der Waals surface area contributed by atoms with Crippen LogP contribution >= 0.6 is 24.8 Å². The standard InChI is InChI=1S/C24H22F2N4O.2ClH/c1-30(11-4-12-31-2)24-20-13-16(19-8-7-18(25)14-21(19)26)6-9-22(20)28-23(29-24)17-5-3-10-27-15-17;;/h3,5-10,13-15H,4,11-12H2,1-2H3;2*1H. The first-order valence-electron chi connectivity index (χ1n) is 9.94. The van der Waals surface area contributed by atoms with Crippen molar-refractivity contribution in [1.82, 2.24) is 15.0 Å². The first kappa shape index (κ1) is 26.4. The van der Waals surface area contributed by atoms with E-state index in [1.807, 2.05) is 36.2 Å². The molecule has 0 N–H and O–H groups in total. The molecular weight excluding hydrogens is 469 g/mol. The van der Waals surface area contributed by atoms with Gasteiger partial charge in [-0.25, -0.2) is 18.7 Å². The van der Waals surface area contributed by atoms with E-state index in [0.717, 1.165) is 41.3 Å². The first-order chi connectivity index (χ1) is 15.1. The smallest absolute Gasteiger partial charge is 0.163 e. The van der Waals surface area contributed by atoms with Gasteiger partial charge in [0.05, 0.1) is 5.52 Å². The minimum atomic E-state index is -0.609. The van der Waals surface area contributed by atoms with Gasteiger partial charge in [0.2, 0.25) is 0 Å². The van der Waals surface area contributed by atoms with Crippen LogP contribution in [-0.4, -0.2) is 42.3 Å². The van der Waals surface area contributed by atoms with Crippen molar-refractivity contribution in [3.63, 3.8) is 0 Å². The fourth-order valence-electron chi connectivity index (χ4n) is 3.47. The molecule has 174 valence electrons. The van der Waals surface area contributed by atoms with Crippen LogP contribution in [0.5, 0.6) is 0 Å². The highest BCUT2D eigenvalue weighted by molar-refractivity contribution is 5.94.